The van der Waals surface area contributed by atoms with E-state index >= 15 is 0 Å². The summed E-state index contributed by atoms with van der Waals surface area (Å²) >= 11 is 0. The molecule has 2 N–H and O–H groups in total. The van der Waals surface area contributed by atoms with Crippen LogP contribution in [-0.2, 0) is 20.9 Å². The summed E-state index contributed by atoms with van der Waals surface area (Å²) in [5, 5.41) is 0. The van der Waals surface area contributed by atoms with E-state index in [0.29, 0.717) is 64.4 Å². The predicted molar refractivity (Wildman–Crippen MR) is 148 cm³/mol. The van der Waals surface area contributed by atoms with Crippen molar-refractivity contribution in [3.05, 3.63) is 29.8 Å². The SMILES string of the molecule is CC(C)CC(=O)N1CCCN(CC(C)C)CCN(C(=O)CN2CCC(C(N)=O)CC2)Cc2ccccc21. The van der Waals surface area contributed by atoms with E-state index < -0.39 is 0 Å². The minimum atomic E-state index is -0.239. The number of para-hydroxylation sites is 1. The quantitative estimate of drug-likeness (QED) is 0.606. The second-order valence-electron chi connectivity index (χ2n) is 11.6. The predicted octanol–water partition coefficient (Wildman–Crippen LogP) is 2.95. The molecule has 3 amide bonds. The number of piperidine rings is 1. The Kier molecular flexibility index (Phi) is 10.9. The zero-order valence-corrected chi connectivity index (χ0v) is 23.3. The number of anilines is 1. The molecule has 0 unspecified atom stereocenters. The Morgan fingerprint density at radius 3 is 2.22 bits per heavy atom. The normalized spacial score (nSPS) is 19.1. The van der Waals surface area contributed by atoms with Gasteiger partial charge < -0.3 is 20.4 Å². The maximum absolute atomic E-state index is 13.6. The van der Waals surface area contributed by atoms with Crippen LogP contribution in [0.25, 0.3) is 0 Å². The summed E-state index contributed by atoms with van der Waals surface area (Å²) < 4.78 is 0. The highest BCUT2D eigenvalue weighted by Gasteiger charge is 2.28. The van der Waals surface area contributed by atoms with Gasteiger partial charge >= 0.3 is 0 Å². The fraction of sp³-hybridized carbons (Fsp3) is 0.690. The van der Waals surface area contributed by atoms with Crippen LogP contribution in [0.5, 0.6) is 0 Å². The van der Waals surface area contributed by atoms with Gasteiger partial charge in [0, 0.05) is 50.7 Å². The third-order valence-electron chi connectivity index (χ3n) is 7.39. The highest BCUT2D eigenvalue weighted by Crippen LogP contribution is 2.25. The second kappa shape index (κ2) is 13.9. The number of fused-ring (bicyclic) bond motifs is 1. The third-order valence-corrected chi connectivity index (χ3v) is 7.39. The fourth-order valence-electron chi connectivity index (χ4n) is 5.44. The maximum atomic E-state index is 13.6. The van der Waals surface area contributed by atoms with Crippen molar-refractivity contribution >= 4 is 23.4 Å². The summed E-state index contributed by atoms with van der Waals surface area (Å²) in [6.45, 7) is 14.8. The lowest BCUT2D eigenvalue weighted by atomic mass is 9.96. The van der Waals surface area contributed by atoms with Crippen molar-refractivity contribution in [2.75, 3.05) is 57.3 Å². The average Bonchev–Trinajstić information content (AvgIpc) is 2.87. The average molecular weight is 514 g/mol. The maximum Gasteiger partial charge on any atom is 0.237 e. The number of benzene rings is 1. The van der Waals surface area contributed by atoms with E-state index in [-0.39, 0.29) is 29.6 Å². The van der Waals surface area contributed by atoms with Crippen LogP contribution < -0.4 is 10.6 Å². The monoisotopic (exact) mass is 513 g/mol. The molecule has 0 atom stereocenters. The molecule has 0 radical (unpaired) electrons. The lowest BCUT2D eigenvalue weighted by molar-refractivity contribution is -0.133. The molecule has 1 fully saturated rings. The Hall–Kier alpha value is -2.45. The number of nitrogens with two attached hydrogens (primary N) is 1. The number of hydrogen-bond acceptors (Lipinski definition) is 5. The van der Waals surface area contributed by atoms with Gasteiger partial charge in [-0.05, 0) is 62.4 Å². The van der Waals surface area contributed by atoms with Gasteiger partial charge in [-0.25, -0.2) is 0 Å². The zero-order valence-electron chi connectivity index (χ0n) is 23.3. The number of amides is 3. The van der Waals surface area contributed by atoms with Crippen molar-refractivity contribution in [1.29, 1.82) is 0 Å². The summed E-state index contributed by atoms with van der Waals surface area (Å²) in [6, 6.07) is 8.04. The van der Waals surface area contributed by atoms with Gasteiger partial charge in [0.05, 0.1) is 6.54 Å². The second-order valence-corrected chi connectivity index (χ2v) is 11.6. The highest BCUT2D eigenvalue weighted by molar-refractivity contribution is 5.94. The molecule has 0 aliphatic carbocycles. The third kappa shape index (κ3) is 8.82. The zero-order chi connectivity index (χ0) is 26.9. The first-order valence-corrected chi connectivity index (χ1v) is 14.0. The van der Waals surface area contributed by atoms with Crippen LogP contribution in [0.1, 0.15) is 58.9 Å². The minimum Gasteiger partial charge on any atom is -0.369 e. The minimum absolute atomic E-state index is 0.0881. The van der Waals surface area contributed by atoms with Crippen LogP contribution in [0.15, 0.2) is 24.3 Å². The van der Waals surface area contributed by atoms with Gasteiger partial charge in [0.25, 0.3) is 0 Å². The highest BCUT2D eigenvalue weighted by atomic mass is 16.2. The summed E-state index contributed by atoms with van der Waals surface area (Å²) in [7, 11) is 0. The molecule has 8 heteroatoms. The molecule has 0 spiro atoms. The number of nitrogens with zero attached hydrogens (tertiary/aromatic N) is 4. The molecule has 206 valence electrons. The van der Waals surface area contributed by atoms with Gasteiger partial charge in [-0.1, -0.05) is 45.9 Å². The molecule has 0 aromatic heterocycles. The van der Waals surface area contributed by atoms with Gasteiger partial charge in [0.2, 0.25) is 17.7 Å². The Bertz CT molecular complexity index is 911. The largest absolute Gasteiger partial charge is 0.369 e. The first-order valence-electron chi connectivity index (χ1n) is 14.0. The molecular weight excluding hydrogens is 466 g/mol. The van der Waals surface area contributed by atoms with Gasteiger partial charge in [0.1, 0.15) is 0 Å². The Morgan fingerprint density at radius 2 is 1.57 bits per heavy atom. The van der Waals surface area contributed by atoms with Gasteiger partial charge in [0.15, 0.2) is 0 Å². The van der Waals surface area contributed by atoms with Crippen molar-refractivity contribution in [3.63, 3.8) is 0 Å². The number of rotatable bonds is 7. The molecule has 0 bridgehead atoms. The van der Waals surface area contributed by atoms with Gasteiger partial charge in [-0.3, -0.25) is 19.3 Å². The summed E-state index contributed by atoms with van der Waals surface area (Å²) in [5.74, 6) is 0.721. The molecule has 2 aliphatic heterocycles. The Balaban J connectivity index is 1.83. The summed E-state index contributed by atoms with van der Waals surface area (Å²) in [5.41, 5.74) is 7.42. The topological polar surface area (TPSA) is 90.2 Å². The van der Waals surface area contributed by atoms with Gasteiger partial charge in [-0.2, -0.15) is 0 Å². The lowest BCUT2D eigenvalue weighted by Crippen LogP contribution is -2.46. The van der Waals surface area contributed by atoms with Crippen molar-refractivity contribution in [1.82, 2.24) is 14.7 Å². The fourth-order valence-corrected chi connectivity index (χ4v) is 5.44. The molecule has 0 saturated carbocycles. The van der Waals surface area contributed by atoms with E-state index in [1.807, 2.05) is 34.1 Å². The lowest BCUT2D eigenvalue weighted by Gasteiger charge is -2.33. The van der Waals surface area contributed by atoms with Crippen molar-refractivity contribution in [2.45, 2.75) is 59.9 Å². The van der Waals surface area contributed by atoms with Gasteiger partial charge in [-0.15, -0.1) is 0 Å². The smallest absolute Gasteiger partial charge is 0.237 e. The number of carbonyl (C=O) groups is 3. The molecular formula is C29H47N5O3. The summed E-state index contributed by atoms with van der Waals surface area (Å²) in [6.07, 6.45) is 2.82. The van der Waals surface area contributed by atoms with E-state index in [2.05, 4.69) is 37.5 Å². The number of carbonyl (C=O) groups excluding carboxylic acids is 3. The van der Waals surface area contributed by atoms with E-state index in [9.17, 15) is 14.4 Å². The number of likely N-dealkylation sites (tertiary alicyclic amines) is 1. The molecule has 3 rings (SSSR count). The van der Waals surface area contributed by atoms with Crippen LogP contribution >= 0.6 is 0 Å². The van der Waals surface area contributed by atoms with Crippen LogP contribution in [0.3, 0.4) is 0 Å². The standard InChI is InChI=1S/C29H47N5O3/c1-22(2)18-27(35)34-13-7-12-31(19-23(3)4)16-17-33(20-25-8-5-6-9-26(25)34)28(36)21-32-14-10-24(11-15-32)29(30)37/h5-6,8-9,22-24H,7,10-21H2,1-4H3,(H2,30,37). The van der Waals surface area contributed by atoms with Crippen LogP contribution in [0, 0.1) is 17.8 Å². The van der Waals surface area contributed by atoms with Crippen LogP contribution in [-0.4, -0.2) is 84.8 Å². The van der Waals surface area contributed by atoms with Crippen molar-refractivity contribution < 1.29 is 14.4 Å². The molecule has 2 aliphatic rings. The molecule has 8 nitrogen and oxygen atoms in total. The first-order chi connectivity index (χ1) is 17.6. The van der Waals surface area contributed by atoms with E-state index in [1.165, 1.54) is 0 Å². The molecule has 37 heavy (non-hydrogen) atoms. The molecule has 2 heterocycles. The van der Waals surface area contributed by atoms with E-state index in [1.54, 1.807) is 0 Å². The first kappa shape index (κ1) is 29.1. The number of hydrogen-bond donors (Lipinski definition) is 1. The Labute approximate surface area is 223 Å². The van der Waals surface area contributed by atoms with Crippen molar-refractivity contribution in [2.24, 2.45) is 23.5 Å². The molecule has 1 aromatic rings. The molecule has 1 aromatic carbocycles. The molecule has 1 saturated heterocycles. The summed E-state index contributed by atoms with van der Waals surface area (Å²) in [4.78, 5) is 47.0. The van der Waals surface area contributed by atoms with Crippen LogP contribution in [0.4, 0.5) is 5.69 Å². The van der Waals surface area contributed by atoms with Crippen molar-refractivity contribution in [3.8, 4) is 0 Å². The van der Waals surface area contributed by atoms with E-state index in [0.717, 1.165) is 37.3 Å². The van der Waals surface area contributed by atoms with E-state index in [4.69, 9.17) is 5.73 Å². The number of primary amides is 1. The Morgan fingerprint density at radius 1 is 0.865 bits per heavy atom. The van der Waals surface area contributed by atoms with Crippen LogP contribution in [0.2, 0.25) is 0 Å².